The second-order valence-corrected chi connectivity index (χ2v) is 7.92. The van der Waals surface area contributed by atoms with Crippen molar-refractivity contribution in [3.8, 4) is 11.3 Å². The molecule has 1 aromatic heterocycles. The molecule has 2 aromatic carbocycles. The minimum atomic E-state index is -0.586. The summed E-state index contributed by atoms with van der Waals surface area (Å²) in [5.41, 5.74) is 8.23. The Balaban J connectivity index is 1.56. The van der Waals surface area contributed by atoms with Crippen molar-refractivity contribution >= 4 is 23.4 Å². The molecule has 0 spiro atoms. The van der Waals surface area contributed by atoms with Gasteiger partial charge in [-0.15, -0.1) is 0 Å². The van der Waals surface area contributed by atoms with Crippen LogP contribution < -0.4 is 11.1 Å². The van der Waals surface area contributed by atoms with E-state index in [1.165, 1.54) is 6.08 Å². The Morgan fingerprint density at radius 1 is 1.09 bits per heavy atom. The first-order chi connectivity index (χ1) is 16.0. The minimum absolute atomic E-state index is 0.0644. The number of nitrogens with one attached hydrogen (secondary N) is 1. The predicted octanol–water partition coefficient (Wildman–Crippen LogP) is 3.25. The largest absolute Gasteiger partial charge is 0.365 e. The third kappa shape index (κ3) is 4.85. The van der Waals surface area contributed by atoms with Crippen molar-refractivity contribution in [1.29, 1.82) is 0 Å². The van der Waals surface area contributed by atoms with Crippen LogP contribution in [-0.2, 0) is 4.79 Å². The number of para-hydroxylation sites is 1. The average molecular weight is 444 g/mol. The van der Waals surface area contributed by atoms with Crippen molar-refractivity contribution < 1.29 is 14.4 Å². The van der Waals surface area contributed by atoms with Gasteiger partial charge in [0.25, 0.3) is 11.8 Å². The second kappa shape index (κ2) is 9.52. The second-order valence-electron chi connectivity index (χ2n) is 7.92. The Kier molecular flexibility index (Phi) is 6.35. The molecule has 0 radical (unpaired) electrons. The summed E-state index contributed by atoms with van der Waals surface area (Å²) in [6, 6.07) is 16.0. The van der Waals surface area contributed by atoms with Gasteiger partial charge < -0.3 is 16.0 Å². The molecule has 8 heteroatoms. The van der Waals surface area contributed by atoms with Crippen LogP contribution in [-0.4, -0.2) is 45.5 Å². The zero-order valence-corrected chi connectivity index (χ0v) is 18.1. The van der Waals surface area contributed by atoms with Gasteiger partial charge in [-0.1, -0.05) is 36.9 Å². The molecule has 1 saturated heterocycles. The molecule has 4 rings (SSSR count). The fraction of sp³-hybridized carbons (Fsp3) is 0.200. The molecular weight excluding hydrogens is 418 g/mol. The van der Waals surface area contributed by atoms with Crippen molar-refractivity contribution in [2.24, 2.45) is 5.73 Å². The Hall–Kier alpha value is -4.20. The molecule has 1 aliphatic heterocycles. The van der Waals surface area contributed by atoms with Gasteiger partial charge >= 0.3 is 0 Å². The van der Waals surface area contributed by atoms with E-state index in [-0.39, 0.29) is 17.9 Å². The fourth-order valence-corrected chi connectivity index (χ4v) is 3.98. The van der Waals surface area contributed by atoms with Crippen molar-refractivity contribution in [2.45, 2.75) is 18.9 Å². The lowest BCUT2D eigenvalue weighted by atomic mass is 10.0. The predicted molar refractivity (Wildman–Crippen MR) is 126 cm³/mol. The highest BCUT2D eigenvalue weighted by Crippen LogP contribution is 2.27. The highest BCUT2D eigenvalue weighted by atomic mass is 16.2. The number of primary amides is 1. The van der Waals surface area contributed by atoms with Gasteiger partial charge in [0, 0.05) is 36.1 Å². The molecule has 0 aliphatic carbocycles. The summed E-state index contributed by atoms with van der Waals surface area (Å²) >= 11 is 0. The lowest BCUT2D eigenvalue weighted by molar-refractivity contribution is -0.127. The number of amides is 3. The number of carbonyl (C=O) groups is 3. The van der Waals surface area contributed by atoms with Crippen LogP contribution in [0.2, 0.25) is 0 Å². The summed E-state index contributed by atoms with van der Waals surface area (Å²) in [5, 5.41) is 7.48. The molecule has 0 saturated carbocycles. The maximum atomic E-state index is 12.5. The first-order valence-electron chi connectivity index (χ1n) is 10.7. The van der Waals surface area contributed by atoms with Gasteiger partial charge in [0.05, 0.1) is 11.6 Å². The SMILES string of the molecule is C=CC(=O)N1CCCC(n2cc(C(N)=O)c(-c3ccc(C(=O)Nc4ccccc4)cc3)n2)C1. The first kappa shape index (κ1) is 22.0. The molecule has 168 valence electrons. The van der Waals surface area contributed by atoms with Crippen LogP contribution in [0.3, 0.4) is 0 Å². The van der Waals surface area contributed by atoms with Gasteiger partial charge in [0.2, 0.25) is 5.91 Å². The monoisotopic (exact) mass is 443 g/mol. The van der Waals surface area contributed by atoms with Crippen LogP contribution in [0.4, 0.5) is 5.69 Å². The minimum Gasteiger partial charge on any atom is -0.365 e. The van der Waals surface area contributed by atoms with Crippen LogP contribution in [0.25, 0.3) is 11.3 Å². The van der Waals surface area contributed by atoms with Crippen LogP contribution in [0, 0.1) is 0 Å². The van der Waals surface area contributed by atoms with Crippen LogP contribution in [0.1, 0.15) is 39.6 Å². The normalized spacial score (nSPS) is 15.6. The zero-order valence-electron chi connectivity index (χ0n) is 18.1. The highest BCUT2D eigenvalue weighted by Gasteiger charge is 2.26. The van der Waals surface area contributed by atoms with E-state index in [1.54, 1.807) is 40.0 Å². The molecule has 0 bridgehead atoms. The number of hydrogen-bond acceptors (Lipinski definition) is 4. The molecule has 2 heterocycles. The number of anilines is 1. The number of carbonyl (C=O) groups excluding carboxylic acids is 3. The lowest BCUT2D eigenvalue weighted by Crippen LogP contribution is -2.40. The molecule has 3 N–H and O–H groups in total. The topological polar surface area (TPSA) is 110 Å². The van der Waals surface area contributed by atoms with Gasteiger partial charge in [0.15, 0.2) is 0 Å². The Labute approximate surface area is 191 Å². The molecular formula is C25H25N5O3. The molecule has 33 heavy (non-hydrogen) atoms. The van der Waals surface area contributed by atoms with Crippen molar-refractivity contribution in [1.82, 2.24) is 14.7 Å². The molecule has 1 fully saturated rings. The number of aromatic nitrogens is 2. The Bertz CT molecular complexity index is 1180. The van der Waals surface area contributed by atoms with Crippen molar-refractivity contribution in [3.05, 3.63) is 84.6 Å². The number of likely N-dealkylation sites (tertiary alicyclic amines) is 1. The summed E-state index contributed by atoms with van der Waals surface area (Å²) in [6.45, 7) is 4.71. The number of hydrogen-bond donors (Lipinski definition) is 2. The molecule has 3 aromatic rings. The number of nitrogens with zero attached hydrogens (tertiary/aromatic N) is 3. The van der Waals surface area contributed by atoms with Gasteiger partial charge in [-0.25, -0.2) is 0 Å². The third-order valence-electron chi connectivity index (χ3n) is 5.71. The lowest BCUT2D eigenvalue weighted by Gasteiger charge is -2.32. The molecule has 3 amide bonds. The molecule has 1 unspecified atom stereocenters. The smallest absolute Gasteiger partial charge is 0.255 e. The van der Waals surface area contributed by atoms with E-state index in [2.05, 4.69) is 17.0 Å². The zero-order chi connectivity index (χ0) is 23.4. The summed E-state index contributed by atoms with van der Waals surface area (Å²) in [7, 11) is 0. The Morgan fingerprint density at radius 3 is 2.48 bits per heavy atom. The molecule has 1 atom stereocenters. The van der Waals surface area contributed by atoms with E-state index >= 15 is 0 Å². The van der Waals surface area contributed by atoms with Gasteiger partial charge in [0.1, 0.15) is 5.69 Å². The first-order valence-corrected chi connectivity index (χ1v) is 10.7. The fourth-order valence-electron chi connectivity index (χ4n) is 3.98. The van der Waals surface area contributed by atoms with Crippen LogP contribution >= 0.6 is 0 Å². The summed E-state index contributed by atoms with van der Waals surface area (Å²) in [4.78, 5) is 38.4. The van der Waals surface area contributed by atoms with E-state index in [1.807, 2.05) is 30.3 Å². The summed E-state index contributed by atoms with van der Waals surface area (Å²) in [5.74, 6) is -0.939. The van der Waals surface area contributed by atoms with Gasteiger partial charge in [-0.2, -0.15) is 5.10 Å². The average Bonchev–Trinajstić information content (AvgIpc) is 3.30. The quantitative estimate of drug-likeness (QED) is 0.570. The van der Waals surface area contributed by atoms with E-state index in [4.69, 9.17) is 5.73 Å². The maximum Gasteiger partial charge on any atom is 0.255 e. The van der Waals surface area contributed by atoms with Crippen LogP contribution in [0.15, 0.2) is 73.4 Å². The van der Waals surface area contributed by atoms with E-state index in [0.29, 0.717) is 41.2 Å². The number of benzene rings is 2. The molecule has 8 nitrogen and oxygen atoms in total. The highest BCUT2D eigenvalue weighted by molar-refractivity contribution is 6.04. The number of rotatable bonds is 6. The summed E-state index contributed by atoms with van der Waals surface area (Å²) < 4.78 is 1.72. The number of piperidine rings is 1. The summed E-state index contributed by atoms with van der Waals surface area (Å²) in [6.07, 6.45) is 4.61. The maximum absolute atomic E-state index is 12.5. The Morgan fingerprint density at radius 2 is 1.82 bits per heavy atom. The van der Waals surface area contributed by atoms with Gasteiger partial charge in [-0.3, -0.25) is 19.1 Å². The van der Waals surface area contributed by atoms with E-state index in [9.17, 15) is 14.4 Å². The van der Waals surface area contributed by atoms with Gasteiger partial charge in [-0.05, 0) is 43.2 Å². The van der Waals surface area contributed by atoms with Crippen molar-refractivity contribution in [3.63, 3.8) is 0 Å². The van der Waals surface area contributed by atoms with Crippen molar-refractivity contribution in [2.75, 3.05) is 18.4 Å². The van der Waals surface area contributed by atoms with Crippen LogP contribution in [0.5, 0.6) is 0 Å². The number of nitrogens with two attached hydrogens (primary N) is 1. The third-order valence-corrected chi connectivity index (χ3v) is 5.71. The van der Waals surface area contributed by atoms with E-state index < -0.39 is 5.91 Å². The molecule has 1 aliphatic rings. The van der Waals surface area contributed by atoms with E-state index in [0.717, 1.165) is 12.8 Å². The standard InChI is InChI=1S/C25H25N5O3/c1-2-22(31)29-14-6-9-20(15-29)30-16-21(24(26)32)23(28-30)17-10-12-18(13-11-17)25(33)27-19-7-4-3-5-8-19/h2-5,7-8,10-13,16,20H,1,6,9,14-15H2,(H2,26,32)(H,27,33).